The zero-order chi connectivity index (χ0) is 13.3. The average molecular weight is 244 g/mol. The van der Waals surface area contributed by atoms with Crippen LogP contribution >= 0.6 is 0 Å². The van der Waals surface area contributed by atoms with Gasteiger partial charge >= 0.3 is 5.97 Å². The molecule has 5 nitrogen and oxygen atoms in total. The SMILES string of the molecule is CCC(CCNC(=O)[C@H](N)CC)CCC(=O)O. The molecule has 0 aliphatic rings. The Bertz CT molecular complexity index is 244. The molecule has 0 aliphatic heterocycles. The molecule has 0 saturated carbocycles. The molecule has 0 heterocycles. The van der Waals surface area contributed by atoms with Crippen LogP contribution in [-0.2, 0) is 9.59 Å². The van der Waals surface area contributed by atoms with Gasteiger partial charge in [-0.25, -0.2) is 0 Å². The van der Waals surface area contributed by atoms with Crippen molar-refractivity contribution < 1.29 is 14.7 Å². The summed E-state index contributed by atoms with van der Waals surface area (Å²) in [6.45, 7) is 4.47. The molecule has 0 aromatic heterocycles. The third-order valence-electron chi connectivity index (χ3n) is 2.97. The maximum Gasteiger partial charge on any atom is 0.303 e. The molecule has 5 heteroatoms. The highest BCUT2D eigenvalue weighted by molar-refractivity contribution is 5.81. The number of nitrogens with two attached hydrogens (primary N) is 1. The first-order valence-corrected chi connectivity index (χ1v) is 6.26. The maximum absolute atomic E-state index is 11.4. The predicted octanol–water partition coefficient (Wildman–Crippen LogP) is 1.12. The van der Waals surface area contributed by atoms with E-state index in [9.17, 15) is 9.59 Å². The van der Waals surface area contributed by atoms with Gasteiger partial charge in [0.25, 0.3) is 0 Å². The molecule has 0 radical (unpaired) electrons. The highest BCUT2D eigenvalue weighted by atomic mass is 16.4. The van der Waals surface area contributed by atoms with Crippen molar-refractivity contribution in [2.24, 2.45) is 11.7 Å². The van der Waals surface area contributed by atoms with Crippen molar-refractivity contribution in [1.82, 2.24) is 5.32 Å². The fraction of sp³-hybridized carbons (Fsp3) is 0.833. The second-order valence-electron chi connectivity index (χ2n) is 4.30. The van der Waals surface area contributed by atoms with Crippen molar-refractivity contribution in [2.75, 3.05) is 6.54 Å². The number of amides is 1. The lowest BCUT2D eigenvalue weighted by atomic mass is 9.96. The third-order valence-corrected chi connectivity index (χ3v) is 2.97. The normalized spacial score (nSPS) is 14.1. The summed E-state index contributed by atoms with van der Waals surface area (Å²) in [5.74, 6) is -0.537. The topological polar surface area (TPSA) is 92.4 Å². The molecule has 100 valence electrons. The van der Waals surface area contributed by atoms with Crippen molar-refractivity contribution in [1.29, 1.82) is 0 Å². The maximum atomic E-state index is 11.4. The van der Waals surface area contributed by atoms with Gasteiger partial charge in [-0.15, -0.1) is 0 Å². The largest absolute Gasteiger partial charge is 0.481 e. The highest BCUT2D eigenvalue weighted by Gasteiger charge is 2.12. The van der Waals surface area contributed by atoms with Crippen LogP contribution in [-0.4, -0.2) is 29.6 Å². The number of rotatable bonds is 9. The van der Waals surface area contributed by atoms with E-state index in [1.165, 1.54) is 0 Å². The number of carbonyl (C=O) groups excluding carboxylic acids is 1. The Morgan fingerprint density at radius 2 is 1.88 bits per heavy atom. The summed E-state index contributed by atoms with van der Waals surface area (Å²) in [6.07, 6.45) is 3.24. The Balaban J connectivity index is 3.76. The summed E-state index contributed by atoms with van der Waals surface area (Å²) in [5.41, 5.74) is 5.57. The average Bonchev–Trinajstić information content (AvgIpc) is 2.31. The van der Waals surface area contributed by atoms with Crippen LogP contribution in [0.5, 0.6) is 0 Å². The number of hydrogen-bond acceptors (Lipinski definition) is 3. The van der Waals surface area contributed by atoms with E-state index in [0.29, 0.717) is 25.3 Å². The molecule has 0 fully saturated rings. The highest BCUT2D eigenvalue weighted by Crippen LogP contribution is 2.14. The minimum atomic E-state index is -0.763. The standard InChI is InChI=1S/C12H24N2O3/c1-3-9(5-6-11(15)16)7-8-14-12(17)10(13)4-2/h9-10H,3-8,13H2,1-2H3,(H,14,17)(H,15,16)/t9?,10-/m1/s1. The van der Waals surface area contributed by atoms with Gasteiger partial charge in [-0.1, -0.05) is 20.3 Å². The van der Waals surface area contributed by atoms with Crippen molar-refractivity contribution >= 4 is 11.9 Å². The Labute approximate surface area is 103 Å². The molecule has 0 rings (SSSR count). The minimum Gasteiger partial charge on any atom is -0.481 e. The van der Waals surface area contributed by atoms with Gasteiger partial charge in [-0.05, 0) is 25.2 Å². The number of carbonyl (C=O) groups is 2. The first-order valence-electron chi connectivity index (χ1n) is 6.26. The molecule has 0 aliphatic carbocycles. The summed E-state index contributed by atoms with van der Waals surface area (Å²) in [5, 5.41) is 11.4. The number of nitrogens with one attached hydrogen (secondary N) is 1. The van der Waals surface area contributed by atoms with Crippen LogP contribution in [0.4, 0.5) is 0 Å². The molecular weight excluding hydrogens is 220 g/mol. The lowest BCUT2D eigenvalue weighted by Crippen LogP contribution is -2.40. The second-order valence-corrected chi connectivity index (χ2v) is 4.30. The lowest BCUT2D eigenvalue weighted by Gasteiger charge is -2.15. The summed E-state index contributed by atoms with van der Waals surface area (Å²) in [6, 6.07) is -0.436. The van der Waals surface area contributed by atoms with Crippen LogP contribution in [0.15, 0.2) is 0 Å². The molecule has 0 bridgehead atoms. The lowest BCUT2D eigenvalue weighted by molar-refractivity contribution is -0.137. The number of hydrogen-bond donors (Lipinski definition) is 3. The molecule has 1 unspecified atom stereocenters. The van der Waals surface area contributed by atoms with Crippen LogP contribution in [0.25, 0.3) is 0 Å². The quantitative estimate of drug-likeness (QED) is 0.566. The first-order chi connectivity index (χ1) is 8.01. The van der Waals surface area contributed by atoms with E-state index in [0.717, 1.165) is 12.8 Å². The molecule has 0 saturated heterocycles. The Hall–Kier alpha value is -1.10. The van der Waals surface area contributed by atoms with E-state index in [1.807, 2.05) is 13.8 Å². The van der Waals surface area contributed by atoms with E-state index in [4.69, 9.17) is 10.8 Å². The smallest absolute Gasteiger partial charge is 0.303 e. The van der Waals surface area contributed by atoms with Gasteiger partial charge in [-0.3, -0.25) is 9.59 Å². The molecule has 0 aromatic rings. The van der Waals surface area contributed by atoms with Gasteiger partial charge in [0.05, 0.1) is 6.04 Å². The Morgan fingerprint density at radius 1 is 1.24 bits per heavy atom. The van der Waals surface area contributed by atoms with Crippen molar-refractivity contribution in [2.45, 2.75) is 52.0 Å². The summed E-state index contributed by atoms with van der Waals surface area (Å²) >= 11 is 0. The predicted molar refractivity (Wildman–Crippen MR) is 66.5 cm³/mol. The summed E-state index contributed by atoms with van der Waals surface area (Å²) in [7, 11) is 0. The van der Waals surface area contributed by atoms with Crippen LogP contribution in [0, 0.1) is 5.92 Å². The van der Waals surface area contributed by atoms with Gasteiger partial charge in [0.2, 0.25) is 5.91 Å². The van der Waals surface area contributed by atoms with Gasteiger partial charge in [0.1, 0.15) is 0 Å². The zero-order valence-electron chi connectivity index (χ0n) is 10.7. The van der Waals surface area contributed by atoms with Gasteiger partial charge in [0.15, 0.2) is 0 Å². The van der Waals surface area contributed by atoms with E-state index < -0.39 is 12.0 Å². The molecule has 17 heavy (non-hydrogen) atoms. The Morgan fingerprint density at radius 3 is 2.35 bits per heavy atom. The Kier molecular flexibility index (Phi) is 8.40. The van der Waals surface area contributed by atoms with Gasteiger partial charge in [0, 0.05) is 13.0 Å². The number of carboxylic acids is 1. The van der Waals surface area contributed by atoms with Crippen LogP contribution in [0.3, 0.4) is 0 Å². The first kappa shape index (κ1) is 15.9. The molecule has 0 aromatic carbocycles. The molecule has 1 amide bonds. The monoisotopic (exact) mass is 244 g/mol. The van der Waals surface area contributed by atoms with Crippen molar-refractivity contribution in [3.63, 3.8) is 0 Å². The zero-order valence-corrected chi connectivity index (χ0v) is 10.7. The summed E-state index contributed by atoms with van der Waals surface area (Å²) in [4.78, 5) is 21.8. The van der Waals surface area contributed by atoms with Crippen LogP contribution < -0.4 is 11.1 Å². The fourth-order valence-electron chi connectivity index (χ4n) is 1.60. The third kappa shape index (κ3) is 7.74. The molecule has 4 N–H and O–H groups in total. The molecule has 2 atom stereocenters. The second kappa shape index (κ2) is 8.98. The number of aliphatic carboxylic acids is 1. The fourth-order valence-corrected chi connectivity index (χ4v) is 1.60. The van der Waals surface area contributed by atoms with E-state index in [2.05, 4.69) is 5.32 Å². The van der Waals surface area contributed by atoms with Crippen LogP contribution in [0.1, 0.15) is 46.0 Å². The van der Waals surface area contributed by atoms with Gasteiger partial charge < -0.3 is 16.2 Å². The van der Waals surface area contributed by atoms with Crippen molar-refractivity contribution in [3.8, 4) is 0 Å². The molecular formula is C12H24N2O3. The van der Waals surface area contributed by atoms with Crippen LogP contribution in [0.2, 0.25) is 0 Å². The minimum absolute atomic E-state index is 0.124. The summed E-state index contributed by atoms with van der Waals surface area (Å²) < 4.78 is 0. The number of carboxylic acid groups (broad SMARTS) is 1. The van der Waals surface area contributed by atoms with E-state index in [-0.39, 0.29) is 12.3 Å². The van der Waals surface area contributed by atoms with Gasteiger partial charge in [-0.2, -0.15) is 0 Å². The van der Waals surface area contributed by atoms with E-state index in [1.54, 1.807) is 0 Å². The van der Waals surface area contributed by atoms with E-state index >= 15 is 0 Å². The van der Waals surface area contributed by atoms with Crippen molar-refractivity contribution in [3.05, 3.63) is 0 Å². The molecule has 0 spiro atoms.